The van der Waals surface area contributed by atoms with Gasteiger partial charge in [0.2, 0.25) is 0 Å². The number of hydrogen-bond donors (Lipinski definition) is 0. The van der Waals surface area contributed by atoms with Gasteiger partial charge in [0.1, 0.15) is 17.6 Å². The lowest BCUT2D eigenvalue weighted by Gasteiger charge is -2.29. The average Bonchev–Trinajstić information content (AvgIpc) is 3.46. The van der Waals surface area contributed by atoms with Gasteiger partial charge in [-0.1, -0.05) is 0 Å². The maximum atomic E-state index is 15.0. The van der Waals surface area contributed by atoms with Crippen LogP contribution in [-0.2, 0) is 9.53 Å². The quantitative estimate of drug-likeness (QED) is 0.703. The Hall–Kier alpha value is -2.26. The van der Waals surface area contributed by atoms with Crippen LogP contribution in [-0.4, -0.2) is 73.8 Å². The summed E-state index contributed by atoms with van der Waals surface area (Å²) >= 11 is 0. The van der Waals surface area contributed by atoms with Crippen molar-refractivity contribution in [2.24, 2.45) is 0 Å². The number of amides is 1. The van der Waals surface area contributed by atoms with Crippen LogP contribution in [0.25, 0.3) is 0 Å². The first-order valence-electron chi connectivity index (χ1n) is 10.5. The van der Waals surface area contributed by atoms with Crippen LogP contribution in [0.5, 0.6) is 0 Å². The molecule has 0 N–H and O–H groups in total. The molecule has 9 heteroatoms. The second kappa shape index (κ2) is 8.47. The number of carbonyl (C=O) groups excluding carboxylic acids is 2. The smallest absolute Gasteiger partial charge is 0.414 e. The van der Waals surface area contributed by atoms with E-state index < -0.39 is 23.8 Å². The zero-order chi connectivity index (χ0) is 21.4. The fraction of sp³-hybridized carbons (Fsp3) is 0.619. The van der Waals surface area contributed by atoms with Gasteiger partial charge in [-0.15, -0.1) is 0 Å². The molecule has 3 aliphatic rings. The highest BCUT2D eigenvalue weighted by Crippen LogP contribution is 2.33. The fourth-order valence-corrected chi connectivity index (χ4v) is 4.21. The summed E-state index contributed by atoms with van der Waals surface area (Å²) in [5.74, 6) is -1.37. The Balaban J connectivity index is 1.48. The molecule has 4 rings (SSSR count). The number of hydrogen-bond acceptors (Lipinski definition) is 6. The lowest BCUT2D eigenvalue weighted by atomic mass is 10.1. The Morgan fingerprint density at radius 2 is 1.80 bits per heavy atom. The average molecular weight is 422 g/mol. The van der Waals surface area contributed by atoms with Crippen molar-refractivity contribution in [3.8, 4) is 0 Å². The zero-order valence-electron chi connectivity index (χ0n) is 17.4. The minimum absolute atomic E-state index is 0.00860. The molecule has 0 spiro atoms. The Morgan fingerprint density at radius 1 is 1.13 bits per heavy atom. The van der Waals surface area contributed by atoms with Gasteiger partial charge in [-0.05, 0) is 26.2 Å². The predicted molar refractivity (Wildman–Crippen MR) is 108 cm³/mol. The monoisotopic (exact) mass is 422 g/mol. The van der Waals surface area contributed by atoms with E-state index in [9.17, 15) is 18.4 Å². The van der Waals surface area contributed by atoms with E-state index in [1.807, 2.05) is 7.05 Å². The summed E-state index contributed by atoms with van der Waals surface area (Å²) in [7, 11) is 2.01. The molecular formula is C21H28F2N4O3. The van der Waals surface area contributed by atoms with Gasteiger partial charge in [0.25, 0.3) is 0 Å². The van der Waals surface area contributed by atoms with Crippen molar-refractivity contribution in [3.05, 3.63) is 23.8 Å². The molecule has 30 heavy (non-hydrogen) atoms. The predicted octanol–water partition coefficient (Wildman–Crippen LogP) is 2.79. The van der Waals surface area contributed by atoms with Crippen LogP contribution in [0, 0.1) is 11.6 Å². The number of rotatable bonds is 6. The molecule has 1 aromatic carbocycles. The summed E-state index contributed by atoms with van der Waals surface area (Å²) in [6.45, 7) is 4.11. The van der Waals surface area contributed by atoms with Gasteiger partial charge in [0.15, 0.2) is 11.6 Å². The number of ketones is 1. The van der Waals surface area contributed by atoms with E-state index in [1.165, 1.54) is 36.8 Å². The van der Waals surface area contributed by atoms with E-state index in [0.717, 1.165) is 6.54 Å². The standard InChI is InChI=1S/C21H28F2N4O3/c1-14(28)3-6-17-13-26(21(29)30-17)16-11-18(22)20(19(23)12-16)25-8-7-24(2)27(10-9-25)15-4-5-15/h11-12,15,17H,3-10,13H2,1-2H3/t17-/m0/s1. The van der Waals surface area contributed by atoms with E-state index >= 15 is 0 Å². The molecule has 2 aliphatic heterocycles. The Bertz CT molecular complexity index is 809. The van der Waals surface area contributed by atoms with Crippen molar-refractivity contribution < 1.29 is 23.1 Å². The summed E-state index contributed by atoms with van der Waals surface area (Å²) < 4.78 is 35.2. The summed E-state index contributed by atoms with van der Waals surface area (Å²) in [5, 5.41) is 4.43. The van der Waals surface area contributed by atoms with Gasteiger partial charge in [-0.25, -0.2) is 23.6 Å². The first kappa shape index (κ1) is 21.0. The van der Waals surface area contributed by atoms with Crippen molar-refractivity contribution in [1.29, 1.82) is 0 Å². The van der Waals surface area contributed by atoms with Crippen LogP contribution in [0.1, 0.15) is 32.6 Å². The maximum Gasteiger partial charge on any atom is 0.414 e. The highest BCUT2D eigenvalue weighted by Gasteiger charge is 2.35. The summed E-state index contributed by atoms with van der Waals surface area (Å²) in [6.07, 6.45) is 1.93. The molecule has 0 aromatic heterocycles. The van der Waals surface area contributed by atoms with Gasteiger partial charge in [0.05, 0.1) is 12.2 Å². The highest BCUT2D eigenvalue weighted by atomic mass is 19.1. The number of likely N-dealkylation sites (N-methyl/N-ethyl adjacent to an activating group) is 1. The van der Waals surface area contributed by atoms with Gasteiger partial charge in [-0.3, -0.25) is 4.90 Å². The maximum absolute atomic E-state index is 15.0. The molecule has 1 amide bonds. The Labute approximate surface area is 175 Å². The number of nitrogens with zero attached hydrogens (tertiary/aromatic N) is 4. The molecule has 1 aliphatic carbocycles. The third kappa shape index (κ3) is 4.41. The molecule has 2 saturated heterocycles. The van der Waals surface area contributed by atoms with Crippen molar-refractivity contribution in [3.63, 3.8) is 0 Å². The molecule has 1 aromatic rings. The number of cyclic esters (lactones) is 1. The minimum Gasteiger partial charge on any atom is -0.444 e. The molecule has 3 fully saturated rings. The van der Waals surface area contributed by atoms with E-state index in [4.69, 9.17) is 4.74 Å². The Kier molecular flexibility index (Phi) is 5.92. The number of hydrazine groups is 1. The van der Waals surface area contributed by atoms with Gasteiger partial charge < -0.3 is 14.4 Å². The molecule has 164 valence electrons. The first-order valence-corrected chi connectivity index (χ1v) is 10.5. The van der Waals surface area contributed by atoms with E-state index in [2.05, 4.69) is 10.0 Å². The molecule has 7 nitrogen and oxygen atoms in total. The number of Topliss-reactive ketones (excluding diaryl/α,β-unsaturated/α-hetero) is 1. The zero-order valence-corrected chi connectivity index (χ0v) is 17.4. The third-order valence-corrected chi connectivity index (χ3v) is 6.02. The Morgan fingerprint density at radius 3 is 2.43 bits per heavy atom. The number of ether oxygens (including phenoxy) is 1. The van der Waals surface area contributed by atoms with Crippen LogP contribution in [0.15, 0.2) is 12.1 Å². The second-order valence-corrected chi connectivity index (χ2v) is 8.38. The number of anilines is 2. The largest absolute Gasteiger partial charge is 0.444 e. The van der Waals surface area contributed by atoms with Crippen LogP contribution < -0.4 is 9.80 Å². The lowest BCUT2D eigenvalue weighted by Crippen LogP contribution is -2.42. The van der Waals surface area contributed by atoms with Crippen LogP contribution in [0.3, 0.4) is 0 Å². The van der Waals surface area contributed by atoms with Crippen molar-refractivity contribution in [2.75, 3.05) is 49.6 Å². The molecule has 0 unspecified atom stereocenters. The SMILES string of the molecule is CC(=O)CC[C@H]1CN(c2cc(F)c(N3CCN(C)N(C4CC4)CC3)c(F)c2)C(=O)O1. The van der Waals surface area contributed by atoms with Gasteiger partial charge >= 0.3 is 6.09 Å². The molecule has 1 saturated carbocycles. The first-order chi connectivity index (χ1) is 14.3. The summed E-state index contributed by atoms with van der Waals surface area (Å²) in [5.41, 5.74) is 0.0844. The molecule has 2 heterocycles. The number of benzene rings is 1. The second-order valence-electron chi connectivity index (χ2n) is 8.38. The van der Waals surface area contributed by atoms with Gasteiger partial charge in [0, 0.05) is 57.8 Å². The minimum atomic E-state index is -0.687. The van der Waals surface area contributed by atoms with Crippen molar-refractivity contribution >= 4 is 23.3 Å². The molecule has 1 atom stereocenters. The summed E-state index contributed by atoms with van der Waals surface area (Å²) in [6, 6.07) is 2.93. The van der Waals surface area contributed by atoms with Crippen molar-refractivity contribution in [1.82, 2.24) is 10.0 Å². The highest BCUT2D eigenvalue weighted by molar-refractivity contribution is 5.90. The normalized spacial score (nSPS) is 23.6. The van der Waals surface area contributed by atoms with E-state index in [0.29, 0.717) is 38.5 Å². The van der Waals surface area contributed by atoms with Crippen LogP contribution >= 0.6 is 0 Å². The fourth-order valence-electron chi connectivity index (χ4n) is 4.21. The molecule has 0 bridgehead atoms. The van der Waals surface area contributed by atoms with E-state index in [1.54, 1.807) is 4.90 Å². The molecule has 0 radical (unpaired) electrons. The lowest BCUT2D eigenvalue weighted by molar-refractivity contribution is -0.117. The number of carbonyl (C=O) groups is 2. The van der Waals surface area contributed by atoms with Gasteiger partial charge in [-0.2, -0.15) is 0 Å². The number of halogens is 2. The van der Waals surface area contributed by atoms with Crippen LogP contribution in [0.2, 0.25) is 0 Å². The van der Waals surface area contributed by atoms with E-state index in [-0.39, 0.29) is 23.7 Å². The summed E-state index contributed by atoms with van der Waals surface area (Å²) in [4.78, 5) is 26.3. The third-order valence-electron chi connectivity index (χ3n) is 6.02. The molecular weight excluding hydrogens is 394 g/mol. The topological polar surface area (TPSA) is 56.3 Å². The van der Waals surface area contributed by atoms with Crippen molar-refractivity contribution in [2.45, 2.75) is 44.8 Å². The van der Waals surface area contributed by atoms with Crippen LogP contribution in [0.4, 0.5) is 25.0 Å².